The molecule has 0 unspecified atom stereocenters. The predicted octanol–water partition coefficient (Wildman–Crippen LogP) is 4.62. The summed E-state index contributed by atoms with van der Waals surface area (Å²) in [6.07, 6.45) is 2.28. The van der Waals surface area contributed by atoms with Crippen LogP contribution in [-0.2, 0) is 11.4 Å². The number of hydrogen-bond acceptors (Lipinski definition) is 4. The van der Waals surface area contributed by atoms with Crippen molar-refractivity contribution in [3.8, 4) is 11.5 Å². The summed E-state index contributed by atoms with van der Waals surface area (Å²) in [6, 6.07) is 12.7. The van der Waals surface area contributed by atoms with E-state index in [0.717, 1.165) is 5.56 Å². The lowest BCUT2D eigenvalue weighted by Gasteiger charge is -2.15. The maximum Gasteiger partial charge on any atom is 0.329 e. The Morgan fingerprint density at radius 3 is 2.55 bits per heavy atom. The Balaban J connectivity index is 1.86. The van der Waals surface area contributed by atoms with Crippen LogP contribution in [0.25, 0.3) is 6.08 Å². The third kappa shape index (κ3) is 4.90. The summed E-state index contributed by atoms with van der Waals surface area (Å²) >= 11 is 6.45. The second-order valence-electron chi connectivity index (χ2n) is 6.48. The lowest BCUT2D eigenvalue weighted by Crippen LogP contribution is -2.31. The summed E-state index contributed by atoms with van der Waals surface area (Å²) in [5.74, 6) is 0.564. The number of nitrogens with one attached hydrogen (secondary N) is 1. The fraction of sp³-hybridized carbons (Fsp3) is 0.273. The zero-order valence-corrected chi connectivity index (χ0v) is 17.2. The molecule has 2 aromatic rings. The standard InChI is InChI=1S/C22H23ClN2O4/c1-3-10-25-21(26)18(24-22(25)27)12-16-11-17(23)20(19(13-16)28-4-2)29-14-15-8-6-5-7-9-15/h5-9,11-13H,3-4,10,14H2,1-2H3,(H,24,27)/b18-12+. The largest absolute Gasteiger partial charge is 0.490 e. The highest BCUT2D eigenvalue weighted by atomic mass is 35.5. The lowest BCUT2D eigenvalue weighted by molar-refractivity contribution is -0.122. The van der Waals surface area contributed by atoms with Crippen LogP contribution in [0.5, 0.6) is 11.5 Å². The molecule has 1 aliphatic rings. The second-order valence-corrected chi connectivity index (χ2v) is 6.89. The topological polar surface area (TPSA) is 67.9 Å². The third-order valence-corrected chi connectivity index (χ3v) is 4.56. The van der Waals surface area contributed by atoms with E-state index in [-0.39, 0.29) is 11.6 Å². The highest BCUT2D eigenvalue weighted by molar-refractivity contribution is 6.32. The summed E-state index contributed by atoms with van der Waals surface area (Å²) in [4.78, 5) is 25.6. The van der Waals surface area contributed by atoms with Crippen LogP contribution < -0.4 is 14.8 Å². The summed E-state index contributed by atoms with van der Waals surface area (Å²) < 4.78 is 11.6. The number of urea groups is 1. The van der Waals surface area contributed by atoms with Crippen LogP contribution in [-0.4, -0.2) is 30.0 Å². The summed E-state index contributed by atoms with van der Waals surface area (Å²) in [6.45, 7) is 4.92. The summed E-state index contributed by atoms with van der Waals surface area (Å²) in [5, 5.41) is 2.96. The van der Waals surface area contributed by atoms with Crippen LogP contribution in [0.15, 0.2) is 48.2 Å². The Morgan fingerprint density at radius 1 is 1.10 bits per heavy atom. The van der Waals surface area contributed by atoms with Crippen molar-refractivity contribution in [2.45, 2.75) is 26.9 Å². The van der Waals surface area contributed by atoms with Crippen LogP contribution in [0.1, 0.15) is 31.4 Å². The van der Waals surface area contributed by atoms with Gasteiger partial charge in [0.1, 0.15) is 12.3 Å². The minimum Gasteiger partial charge on any atom is -0.490 e. The maximum absolute atomic E-state index is 12.4. The first-order valence-corrected chi connectivity index (χ1v) is 9.88. The van der Waals surface area contributed by atoms with Crippen molar-refractivity contribution in [1.82, 2.24) is 10.2 Å². The zero-order valence-electron chi connectivity index (χ0n) is 16.4. The quantitative estimate of drug-likeness (QED) is 0.505. The van der Waals surface area contributed by atoms with E-state index >= 15 is 0 Å². The SMILES string of the molecule is CCCN1C(=O)N/C(=C/c2cc(Cl)c(OCc3ccccc3)c(OCC)c2)C1=O. The van der Waals surface area contributed by atoms with Crippen LogP contribution in [0.2, 0.25) is 5.02 Å². The molecular weight excluding hydrogens is 392 g/mol. The molecule has 3 rings (SSSR count). The molecule has 0 bridgehead atoms. The van der Waals surface area contributed by atoms with Gasteiger partial charge in [0.05, 0.1) is 11.6 Å². The molecule has 6 nitrogen and oxygen atoms in total. The number of rotatable bonds is 8. The number of halogens is 1. The number of benzene rings is 2. The first-order valence-electron chi connectivity index (χ1n) is 9.51. The molecule has 1 aliphatic heterocycles. The molecule has 2 aromatic carbocycles. The molecule has 0 aliphatic carbocycles. The van der Waals surface area contributed by atoms with E-state index in [2.05, 4.69) is 5.32 Å². The smallest absolute Gasteiger partial charge is 0.329 e. The van der Waals surface area contributed by atoms with Gasteiger partial charge in [0.25, 0.3) is 5.91 Å². The number of amides is 3. The summed E-state index contributed by atoms with van der Waals surface area (Å²) in [5.41, 5.74) is 1.85. The lowest BCUT2D eigenvalue weighted by atomic mass is 10.1. The van der Waals surface area contributed by atoms with Gasteiger partial charge in [0.15, 0.2) is 11.5 Å². The number of imide groups is 1. The van der Waals surface area contributed by atoms with E-state index in [1.54, 1.807) is 18.2 Å². The maximum atomic E-state index is 12.4. The van der Waals surface area contributed by atoms with E-state index in [1.165, 1.54) is 4.90 Å². The van der Waals surface area contributed by atoms with Gasteiger partial charge in [0, 0.05) is 6.54 Å². The van der Waals surface area contributed by atoms with Gasteiger partial charge in [-0.05, 0) is 42.7 Å². The Bertz CT molecular complexity index is 928. The van der Waals surface area contributed by atoms with Crippen LogP contribution in [0.4, 0.5) is 4.79 Å². The average Bonchev–Trinajstić information content (AvgIpc) is 2.96. The first kappa shape index (κ1) is 20.7. The normalized spacial score (nSPS) is 15.0. The number of hydrogen-bond donors (Lipinski definition) is 1. The molecule has 0 aromatic heterocycles. The van der Waals surface area contributed by atoms with E-state index in [9.17, 15) is 9.59 Å². The Hall–Kier alpha value is -2.99. The van der Waals surface area contributed by atoms with E-state index in [0.29, 0.717) is 48.3 Å². The van der Waals surface area contributed by atoms with Crippen LogP contribution in [0, 0.1) is 0 Å². The molecule has 0 atom stereocenters. The highest BCUT2D eigenvalue weighted by Gasteiger charge is 2.32. The third-order valence-electron chi connectivity index (χ3n) is 4.28. The Labute approximate surface area is 175 Å². The highest BCUT2D eigenvalue weighted by Crippen LogP contribution is 2.38. The van der Waals surface area contributed by atoms with Crippen LogP contribution in [0.3, 0.4) is 0 Å². The van der Waals surface area contributed by atoms with Gasteiger partial charge in [-0.25, -0.2) is 4.79 Å². The van der Waals surface area contributed by atoms with Crippen LogP contribution >= 0.6 is 11.6 Å². The van der Waals surface area contributed by atoms with Gasteiger partial charge in [-0.15, -0.1) is 0 Å². The molecule has 1 N–H and O–H groups in total. The predicted molar refractivity (Wildman–Crippen MR) is 112 cm³/mol. The average molecular weight is 415 g/mol. The number of ether oxygens (including phenoxy) is 2. The summed E-state index contributed by atoms with van der Waals surface area (Å²) in [7, 11) is 0. The number of carbonyl (C=O) groups is 2. The van der Waals surface area contributed by atoms with Gasteiger partial charge in [-0.2, -0.15) is 0 Å². The van der Waals surface area contributed by atoms with E-state index in [1.807, 2.05) is 44.2 Å². The van der Waals surface area contributed by atoms with Crippen molar-refractivity contribution in [3.63, 3.8) is 0 Å². The van der Waals surface area contributed by atoms with Gasteiger partial charge >= 0.3 is 6.03 Å². The second kappa shape index (κ2) is 9.47. The fourth-order valence-corrected chi connectivity index (χ4v) is 3.24. The molecule has 0 spiro atoms. The monoisotopic (exact) mass is 414 g/mol. The minimum absolute atomic E-state index is 0.208. The molecular formula is C22H23ClN2O4. The molecule has 0 saturated carbocycles. The van der Waals surface area contributed by atoms with Gasteiger partial charge in [-0.1, -0.05) is 48.9 Å². The Kier molecular flexibility index (Phi) is 6.77. The van der Waals surface area contributed by atoms with Crippen molar-refractivity contribution in [1.29, 1.82) is 0 Å². The molecule has 29 heavy (non-hydrogen) atoms. The minimum atomic E-state index is -0.415. The van der Waals surface area contributed by atoms with Gasteiger partial charge in [0.2, 0.25) is 0 Å². The zero-order chi connectivity index (χ0) is 20.8. The van der Waals surface area contributed by atoms with Crippen molar-refractivity contribution >= 4 is 29.6 Å². The van der Waals surface area contributed by atoms with Crippen molar-refractivity contribution in [3.05, 3.63) is 64.3 Å². The molecule has 0 radical (unpaired) electrons. The number of nitrogens with zero attached hydrogens (tertiary/aromatic N) is 1. The Morgan fingerprint density at radius 2 is 1.86 bits per heavy atom. The molecule has 1 fully saturated rings. The molecule has 152 valence electrons. The molecule has 1 saturated heterocycles. The van der Waals surface area contributed by atoms with E-state index < -0.39 is 6.03 Å². The fourth-order valence-electron chi connectivity index (χ4n) is 2.97. The van der Waals surface area contributed by atoms with Gasteiger partial charge in [-0.3, -0.25) is 9.69 Å². The molecule has 7 heteroatoms. The molecule has 3 amide bonds. The van der Waals surface area contributed by atoms with Crippen molar-refractivity contribution in [2.24, 2.45) is 0 Å². The van der Waals surface area contributed by atoms with E-state index in [4.69, 9.17) is 21.1 Å². The van der Waals surface area contributed by atoms with Crippen molar-refractivity contribution < 1.29 is 19.1 Å². The van der Waals surface area contributed by atoms with Gasteiger partial charge < -0.3 is 14.8 Å². The number of carbonyl (C=O) groups excluding carboxylic acids is 2. The first-order chi connectivity index (χ1) is 14.0. The van der Waals surface area contributed by atoms with Crippen molar-refractivity contribution in [2.75, 3.05) is 13.2 Å². The molecule has 1 heterocycles.